The van der Waals surface area contributed by atoms with Gasteiger partial charge in [0.05, 0.1) is 31.4 Å². The largest absolute Gasteiger partial charge is 0.493 e. The number of aromatic nitrogens is 2. The van der Waals surface area contributed by atoms with Crippen LogP contribution in [0.3, 0.4) is 0 Å². The lowest BCUT2D eigenvalue weighted by Crippen LogP contribution is -2.16. The molecule has 0 aliphatic heterocycles. The van der Waals surface area contributed by atoms with Crippen molar-refractivity contribution in [3.8, 4) is 11.5 Å². The Kier molecular flexibility index (Phi) is 2.52. The van der Waals surface area contributed by atoms with Crippen LogP contribution < -0.4 is 15.0 Å². The number of ether oxygens (including phenoxy) is 2. The van der Waals surface area contributed by atoms with Gasteiger partial charge in [0, 0.05) is 13.1 Å². The summed E-state index contributed by atoms with van der Waals surface area (Å²) in [5.74, 6) is 1.09. The molecule has 84 valence electrons. The van der Waals surface area contributed by atoms with Gasteiger partial charge in [-0.15, -0.1) is 0 Å². The Morgan fingerprint density at radius 1 is 1.19 bits per heavy atom. The first-order chi connectivity index (χ1) is 7.67. The third kappa shape index (κ3) is 1.50. The summed E-state index contributed by atoms with van der Waals surface area (Å²) in [6.45, 7) is 0. The van der Waals surface area contributed by atoms with Crippen molar-refractivity contribution in [3.05, 3.63) is 28.8 Å². The van der Waals surface area contributed by atoms with Crippen molar-refractivity contribution in [2.45, 2.75) is 0 Å². The van der Waals surface area contributed by atoms with Crippen LogP contribution >= 0.6 is 0 Å². The summed E-state index contributed by atoms with van der Waals surface area (Å²) < 4.78 is 11.7. The minimum Gasteiger partial charge on any atom is -0.493 e. The molecule has 0 saturated heterocycles. The second kappa shape index (κ2) is 3.84. The standard InChI is InChI=1S/C11H12N2O3/c1-13-6-12-8-5-10(16-3)9(15-2)4-7(8)11(13)14/h4-6H,1-3H3. The zero-order valence-corrected chi connectivity index (χ0v) is 9.35. The van der Waals surface area contributed by atoms with Gasteiger partial charge in [0.15, 0.2) is 11.5 Å². The van der Waals surface area contributed by atoms with E-state index in [0.717, 1.165) is 0 Å². The molecule has 0 aliphatic rings. The van der Waals surface area contributed by atoms with Crippen molar-refractivity contribution in [1.82, 2.24) is 9.55 Å². The Hall–Kier alpha value is -2.04. The van der Waals surface area contributed by atoms with Gasteiger partial charge in [0.2, 0.25) is 0 Å². The second-order valence-corrected chi connectivity index (χ2v) is 3.38. The number of hydrogen-bond donors (Lipinski definition) is 0. The Morgan fingerprint density at radius 2 is 1.81 bits per heavy atom. The highest BCUT2D eigenvalue weighted by atomic mass is 16.5. The Labute approximate surface area is 92.2 Å². The quantitative estimate of drug-likeness (QED) is 0.756. The highest BCUT2D eigenvalue weighted by Crippen LogP contribution is 2.29. The number of rotatable bonds is 2. The summed E-state index contributed by atoms with van der Waals surface area (Å²) in [5, 5.41) is 0.516. The average Bonchev–Trinajstić information content (AvgIpc) is 2.32. The van der Waals surface area contributed by atoms with Crippen LogP contribution in [0.2, 0.25) is 0 Å². The lowest BCUT2D eigenvalue weighted by molar-refractivity contribution is 0.355. The molecule has 0 fully saturated rings. The maximum atomic E-state index is 11.8. The molecule has 0 saturated carbocycles. The maximum absolute atomic E-state index is 11.8. The van der Waals surface area contributed by atoms with Crippen LogP contribution in [-0.2, 0) is 7.05 Å². The summed E-state index contributed by atoms with van der Waals surface area (Å²) in [6.07, 6.45) is 1.48. The van der Waals surface area contributed by atoms with Crippen LogP contribution in [0, 0.1) is 0 Å². The van der Waals surface area contributed by atoms with Gasteiger partial charge in [0.1, 0.15) is 0 Å². The van der Waals surface area contributed by atoms with Gasteiger partial charge in [-0.3, -0.25) is 4.79 Å². The lowest BCUT2D eigenvalue weighted by Gasteiger charge is -2.08. The van der Waals surface area contributed by atoms with Crippen LogP contribution in [0.5, 0.6) is 11.5 Å². The van der Waals surface area contributed by atoms with E-state index in [9.17, 15) is 4.79 Å². The number of hydrogen-bond acceptors (Lipinski definition) is 4. The molecule has 1 aromatic carbocycles. The van der Waals surface area contributed by atoms with Crippen molar-refractivity contribution in [3.63, 3.8) is 0 Å². The van der Waals surface area contributed by atoms with Crippen molar-refractivity contribution in [2.24, 2.45) is 7.05 Å². The van der Waals surface area contributed by atoms with Crippen molar-refractivity contribution >= 4 is 10.9 Å². The fraction of sp³-hybridized carbons (Fsp3) is 0.273. The summed E-state index contributed by atoms with van der Waals surface area (Å²) in [6, 6.07) is 3.33. The van der Waals surface area contributed by atoms with E-state index in [1.54, 1.807) is 26.3 Å². The first-order valence-electron chi connectivity index (χ1n) is 4.74. The lowest BCUT2D eigenvalue weighted by atomic mass is 10.2. The van der Waals surface area contributed by atoms with Crippen LogP contribution in [0.25, 0.3) is 10.9 Å². The summed E-state index contributed by atoms with van der Waals surface area (Å²) >= 11 is 0. The molecule has 0 spiro atoms. The zero-order valence-electron chi connectivity index (χ0n) is 9.35. The van der Waals surface area contributed by atoms with E-state index in [-0.39, 0.29) is 5.56 Å². The van der Waals surface area contributed by atoms with E-state index < -0.39 is 0 Å². The van der Waals surface area contributed by atoms with Crippen molar-refractivity contribution < 1.29 is 9.47 Å². The Bertz CT molecular complexity index is 590. The fourth-order valence-electron chi connectivity index (χ4n) is 1.54. The third-order valence-corrected chi connectivity index (χ3v) is 2.42. The van der Waals surface area contributed by atoms with Crippen LogP contribution in [0.15, 0.2) is 23.3 Å². The third-order valence-electron chi connectivity index (χ3n) is 2.42. The SMILES string of the molecule is COc1cc2ncn(C)c(=O)c2cc1OC. The van der Waals surface area contributed by atoms with E-state index >= 15 is 0 Å². The molecule has 0 N–H and O–H groups in total. The zero-order chi connectivity index (χ0) is 11.7. The predicted molar refractivity (Wildman–Crippen MR) is 60.1 cm³/mol. The monoisotopic (exact) mass is 220 g/mol. The average molecular weight is 220 g/mol. The minimum absolute atomic E-state index is 0.106. The normalized spacial score (nSPS) is 10.4. The van der Waals surface area contributed by atoms with Gasteiger partial charge in [-0.25, -0.2) is 4.98 Å². The molecule has 0 unspecified atom stereocenters. The molecule has 1 aromatic heterocycles. The molecule has 1 heterocycles. The molecule has 0 bridgehead atoms. The summed E-state index contributed by atoms with van der Waals surface area (Å²) in [4.78, 5) is 16.0. The predicted octanol–water partition coefficient (Wildman–Crippen LogP) is 0.951. The summed E-state index contributed by atoms with van der Waals surface area (Å²) in [5.41, 5.74) is 0.492. The van der Waals surface area contributed by atoms with E-state index in [1.807, 2.05) is 0 Å². The smallest absolute Gasteiger partial charge is 0.261 e. The van der Waals surface area contributed by atoms with Gasteiger partial charge < -0.3 is 14.0 Å². The van der Waals surface area contributed by atoms with Crippen molar-refractivity contribution in [1.29, 1.82) is 0 Å². The van der Waals surface area contributed by atoms with Crippen molar-refractivity contribution in [2.75, 3.05) is 14.2 Å². The molecular weight excluding hydrogens is 208 g/mol. The van der Waals surface area contributed by atoms with Gasteiger partial charge in [-0.05, 0) is 6.07 Å². The maximum Gasteiger partial charge on any atom is 0.261 e. The first-order valence-corrected chi connectivity index (χ1v) is 4.74. The molecule has 2 rings (SSSR count). The van der Waals surface area contributed by atoms with Gasteiger partial charge in [-0.2, -0.15) is 0 Å². The molecule has 0 radical (unpaired) electrons. The highest BCUT2D eigenvalue weighted by Gasteiger charge is 2.09. The molecule has 5 heteroatoms. The Morgan fingerprint density at radius 3 is 2.44 bits per heavy atom. The van der Waals surface area contributed by atoms with Gasteiger partial charge in [0.25, 0.3) is 5.56 Å². The van der Waals surface area contributed by atoms with Crippen LogP contribution in [0.1, 0.15) is 0 Å². The molecule has 5 nitrogen and oxygen atoms in total. The fourth-order valence-corrected chi connectivity index (χ4v) is 1.54. The number of benzene rings is 1. The van der Waals surface area contributed by atoms with Crippen LogP contribution in [0.4, 0.5) is 0 Å². The molecular formula is C11H12N2O3. The molecule has 16 heavy (non-hydrogen) atoms. The van der Waals surface area contributed by atoms with E-state index in [0.29, 0.717) is 22.4 Å². The molecule has 0 amide bonds. The topological polar surface area (TPSA) is 53.4 Å². The number of nitrogens with zero attached hydrogens (tertiary/aromatic N) is 2. The van der Waals surface area contributed by atoms with E-state index in [1.165, 1.54) is 18.0 Å². The number of methoxy groups -OCH3 is 2. The molecule has 0 atom stereocenters. The van der Waals surface area contributed by atoms with E-state index in [4.69, 9.17) is 9.47 Å². The second-order valence-electron chi connectivity index (χ2n) is 3.38. The minimum atomic E-state index is -0.106. The van der Waals surface area contributed by atoms with Gasteiger partial charge >= 0.3 is 0 Å². The van der Waals surface area contributed by atoms with Gasteiger partial charge in [-0.1, -0.05) is 0 Å². The van der Waals surface area contributed by atoms with E-state index in [2.05, 4.69) is 4.98 Å². The Balaban J connectivity index is 2.84. The summed E-state index contributed by atoms with van der Waals surface area (Å²) in [7, 11) is 4.74. The number of fused-ring (bicyclic) bond motifs is 1. The first kappa shape index (κ1) is 10.5. The highest BCUT2D eigenvalue weighted by molar-refractivity contribution is 5.81. The molecule has 0 aliphatic carbocycles. The number of aryl methyl sites for hydroxylation is 1. The molecule has 2 aromatic rings. The van der Waals surface area contributed by atoms with Crippen LogP contribution in [-0.4, -0.2) is 23.8 Å².